The number of carbonyl (C=O) groups excluding carboxylic acids is 2. The molecule has 23 heavy (non-hydrogen) atoms. The lowest BCUT2D eigenvalue weighted by Crippen LogP contribution is -2.46. The molecule has 0 radical (unpaired) electrons. The van der Waals surface area contributed by atoms with Crippen LogP contribution in [0, 0.1) is 0 Å². The molecule has 5 heteroatoms. The molecule has 1 heterocycles. The molecule has 1 amide bonds. The van der Waals surface area contributed by atoms with Crippen LogP contribution in [0.4, 0.5) is 5.69 Å². The second-order valence-corrected chi connectivity index (χ2v) is 6.10. The van der Waals surface area contributed by atoms with Gasteiger partial charge in [0.2, 0.25) is 5.91 Å². The number of nitrogens with one attached hydrogen (secondary N) is 2. The molecule has 1 saturated heterocycles. The van der Waals surface area contributed by atoms with Crippen molar-refractivity contribution in [1.82, 2.24) is 10.2 Å². The number of nitrogens with zero attached hydrogens (tertiary/aromatic N) is 1. The molecule has 1 fully saturated rings. The zero-order valence-corrected chi connectivity index (χ0v) is 14.1. The lowest BCUT2D eigenvalue weighted by Gasteiger charge is -2.34. The van der Waals surface area contributed by atoms with E-state index in [1.807, 2.05) is 12.1 Å². The second-order valence-electron chi connectivity index (χ2n) is 6.10. The summed E-state index contributed by atoms with van der Waals surface area (Å²) in [6, 6.07) is 7.63. The Kier molecular flexibility index (Phi) is 6.74. The largest absolute Gasteiger partial charge is 0.324 e. The highest BCUT2D eigenvalue weighted by molar-refractivity contribution is 6.04. The summed E-state index contributed by atoms with van der Waals surface area (Å²) in [5.41, 5.74) is 1.16. The van der Waals surface area contributed by atoms with Crippen molar-refractivity contribution < 1.29 is 9.59 Å². The molecule has 1 aromatic rings. The molecular weight excluding hydrogens is 290 g/mol. The first-order valence-electron chi connectivity index (χ1n) is 8.46. The number of benzene rings is 1. The first kappa shape index (κ1) is 17.6. The zero-order valence-electron chi connectivity index (χ0n) is 14.1. The molecule has 0 atom stereocenters. The normalized spacial score (nSPS) is 15.6. The molecule has 0 aliphatic carbocycles. The Morgan fingerprint density at radius 2 is 1.96 bits per heavy atom. The zero-order chi connectivity index (χ0) is 16.7. The van der Waals surface area contributed by atoms with E-state index >= 15 is 0 Å². The number of para-hydroxylation sites is 1. The maximum Gasteiger partial charge on any atom is 0.238 e. The van der Waals surface area contributed by atoms with Crippen molar-refractivity contribution in [3.8, 4) is 0 Å². The van der Waals surface area contributed by atoms with Crippen molar-refractivity contribution in [2.24, 2.45) is 0 Å². The third-order valence-corrected chi connectivity index (χ3v) is 4.26. The maximum absolute atomic E-state index is 12.4. The highest BCUT2D eigenvalue weighted by Gasteiger charge is 2.22. The predicted octanol–water partition coefficient (Wildman–Crippen LogP) is 2.29. The molecule has 1 aliphatic rings. The molecule has 126 valence electrons. The standard InChI is InChI=1S/C18H27N3O2/c1-3-12-21(15-8-10-19-11-9-15)13-18(23)20-17-7-5-4-6-16(17)14(2)22/h4-7,15,19H,3,8-13H2,1-2H3,(H,20,23). The fourth-order valence-electron chi connectivity index (χ4n) is 3.12. The fraction of sp³-hybridized carbons (Fsp3) is 0.556. The van der Waals surface area contributed by atoms with Crippen molar-refractivity contribution in [2.45, 2.75) is 39.2 Å². The number of Topliss-reactive ketones (excluding diaryl/α,β-unsaturated/α-hetero) is 1. The molecule has 0 unspecified atom stereocenters. The Morgan fingerprint density at radius 1 is 1.26 bits per heavy atom. The Labute approximate surface area is 138 Å². The smallest absolute Gasteiger partial charge is 0.238 e. The molecule has 0 bridgehead atoms. The number of hydrogen-bond donors (Lipinski definition) is 2. The highest BCUT2D eigenvalue weighted by atomic mass is 16.2. The first-order chi connectivity index (χ1) is 11.1. The van der Waals surface area contributed by atoms with Crippen LogP contribution in [-0.2, 0) is 4.79 Å². The number of ketones is 1. The minimum absolute atomic E-state index is 0.0373. The summed E-state index contributed by atoms with van der Waals surface area (Å²) >= 11 is 0. The summed E-state index contributed by atoms with van der Waals surface area (Å²) in [4.78, 5) is 26.4. The lowest BCUT2D eigenvalue weighted by atomic mass is 10.0. The Balaban J connectivity index is 2.00. The average Bonchev–Trinajstić information content (AvgIpc) is 2.55. The maximum atomic E-state index is 12.4. The topological polar surface area (TPSA) is 61.4 Å². The third kappa shape index (κ3) is 5.15. The summed E-state index contributed by atoms with van der Waals surface area (Å²) in [6.07, 6.45) is 3.19. The van der Waals surface area contributed by atoms with Gasteiger partial charge in [0, 0.05) is 11.6 Å². The van der Waals surface area contributed by atoms with Gasteiger partial charge >= 0.3 is 0 Å². The summed E-state index contributed by atoms with van der Waals surface area (Å²) < 4.78 is 0. The third-order valence-electron chi connectivity index (χ3n) is 4.26. The van der Waals surface area contributed by atoms with Crippen molar-refractivity contribution in [2.75, 3.05) is 31.5 Å². The van der Waals surface area contributed by atoms with Crippen LogP contribution in [0.15, 0.2) is 24.3 Å². The van der Waals surface area contributed by atoms with E-state index in [0.29, 0.717) is 23.8 Å². The van der Waals surface area contributed by atoms with Crippen molar-refractivity contribution in [1.29, 1.82) is 0 Å². The van der Waals surface area contributed by atoms with E-state index in [4.69, 9.17) is 0 Å². The number of hydrogen-bond acceptors (Lipinski definition) is 4. The second kappa shape index (κ2) is 8.79. The molecule has 2 rings (SSSR count). The van der Waals surface area contributed by atoms with Crippen LogP contribution in [0.25, 0.3) is 0 Å². The van der Waals surface area contributed by atoms with E-state index in [1.54, 1.807) is 12.1 Å². The number of piperidine rings is 1. The molecule has 1 aliphatic heterocycles. The molecule has 2 N–H and O–H groups in total. The van der Waals surface area contributed by atoms with Gasteiger partial charge in [0.05, 0.1) is 12.2 Å². The van der Waals surface area contributed by atoms with Crippen molar-refractivity contribution >= 4 is 17.4 Å². The quantitative estimate of drug-likeness (QED) is 0.758. The van der Waals surface area contributed by atoms with Crippen molar-refractivity contribution in [3.05, 3.63) is 29.8 Å². The van der Waals surface area contributed by atoms with E-state index in [1.165, 1.54) is 6.92 Å². The van der Waals surface area contributed by atoms with Gasteiger partial charge < -0.3 is 10.6 Å². The van der Waals surface area contributed by atoms with Gasteiger partial charge in [-0.15, -0.1) is 0 Å². The minimum atomic E-state index is -0.0503. The highest BCUT2D eigenvalue weighted by Crippen LogP contribution is 2.17. The van der Waals surface area contributed by atoms with Gasteiger partial charge in [-0.1, -0.05) is 19.1 Å². The lowest BCUT2D eigenvalue weighted by molar-refractivity contribution is -0.118. The summed E-state index contributed by atoms with van der Waals surface area (Å²) in [5.74, 6) is -0.0876. The van der Waals surface area contributed by atoms with Gasteiger partial charge in [0.15, 0.2) is 5.78 Å². The number of rotatable bonds is 7. The van der Waals surface area contributed by atoms with E-state index in [0.717, 1.165) is 38.9 Å². The van der Waals surface area contributed by atoms with E-state index in [2.05, 4.69) is 22.5 Å². The van der Waals surface area contributed by atoms with Crippen molar-refractivity contribution in [3.63, 3.8) is 0 Å². The Hall–Kier alpha value is -1.72. The van der Waals surface area contributed by atoms with Crippen LogP contribution in [0.2, 0.25) is 0 Å². The SMILES string of the molecule is CCCN(CC(=O)Nc1ccccc1C(C)=O)C1CCNCC1. The van der Waals surface area contributed by atoms with Gasteiger partial charge in [-0.2, -0.15) is 0 Å². The van der Waals surface area contributed by atoms with Crippen LogP contribution < -0.4 is 10.6 Å². The average molecular weight is 317 g/mol. The van der Waals surface area contributed by atoms with Gasteiger partial charge in [-0.25, -0.2) is 0 Å². The molecular formula is C18H27N3O2. The van der Waals surface area contributed by atoms with E-state index in [9.17, 15) is 9.59 Å². The van der Waals surface area contributed by atoms with E-state index in [-0.39, 0.29) is 11.7 Å². The van der Waals surface area contributed by atoms with Gasteiger partial charge in [0.25, 0.3) is 0 Å². The first-order valence-corrected chi connectivity index (χ1v) is 8.46. The van der Waals surface area contributed by atoms with Gasteiger partial charge in [-0.3, -0.25) is 14.5 Å². The number of carbonyl (C=O) groups is 2. The fourth-order valence-corrected chi connectivity index (χ4v) is 3.12. The monoisotopic (exact) mass is 317 g/mol. The van der Waals surface area contributed by atoms with Crippen LogP contribution in [0.5, 0.6) is 0 Å². The van der Waals surface area contributed by atoms with Gasteiger partial charge in [-0.05, 0) is 58.0 Å². The molecule has 0 saturated carbocycles. The Bertz CT molecular complexity index is 539. The molecule has 1 aromatic carbocycles. The van der Waals surface area contributed by atoms with Crippen LogP contribution >= 0.6 is 0 Å². The summed E-state index contributed by atoms with van der Waals surface area (Å²) in [7, 11) is 0. The van der Waals surface area contributed by atoms with Crippen LogP contribution in [-0.4, -0.2) is 48.8 Å². The van der Waals surface area contributed by atoms with Crippen LogP contribution in [0.1, 0.15) is 43.5 Å². The molecule has 0 spiro atoms. The van der Waals surface area contributed by atoms with E-state index < -0.39 is 0 Å². The summed E-state index contributed by atoms with van der Waals surface area (Å²) in [6.45, 7) is 6.98. The number of anilines is 1. The summed E-state index contributed by atoms with van der Waals surface area (Å²) in [5, 5.41) is 6.26. The Morgan fingerprint density at radius 3 is 2.61 bits per heavy atom. The molecule has 0 aromatic heterocycles. The predicted molar refractivity (Wildman–Crippen MR) is 92.8 cm³/mol. The minimum Gasteiger partial charge on any atom is -0.324 e. The number of amides is 1. The molecule has 5 nitrogen and oxygen atoms in total. The van der Waals surface area contributed by atoms with Crippen LogP contribution in [0.3, 0.4) is 0 Å². The van der Waals surface area contributed by atoms with Gasteiger partial charge in [0.1, 0.15) is 0 Å².